The molecule has 18 heavy (non-hydrogen) atoms. The van der Waals surface area contributed by atoms with E-state index in [9.17, 15) is 9.59 Å². The zero-order chi connectivity index (χ0) is 13.5. The van der Waals surface area contributed by atoms with Crippen LogP contribution in [0.1, 0.15) is 26.0 Å². The third-order valence-corrected chi connectivity index (χ3v) is 2.31. The molecule has 0 aromatic carbocycles. The van der Waals surface area contributed by atoms with Crippen LogP contribution in [0.4, 0.5) is 4.79 Å². The summed E-state index contributed by atoms with van der Waals surface area (Å²) < 4.78 is 5.04. The fourth-order valence-electron chi connectivity index (χ4n) is 1.48. The highest BCUT2D eigenvalue weighted by Gasteiger charge is 2.20. The Morgan fingerprint density at radius 2 is 2.17 bits per heavy atom. The fraction of sp³-hybridized carbons (Fsp3) is 0.500. The van der Waals surface area contributed by atoms with Gasteiger partial charge < -0.3 is 20.2 Å². The summed E-state index contributed by atoms with van der Waals surface area (Å²) in [5.41, 5.74) is 0. The van der Waals surface area contributed by atoms with Gasteiger partial charge in [-0.2, -0.15) is 0 Å². The number of hydrogen-bond donors (Lipinski definition) is 3. The summed E-state index contributed by atoms with van der Waals surface area (Å²) in [6.45, 7) is 4.03. The van der Waals surface area contributed by atoms with Crippen molar-refractivity contribution in [3.63, 3.8) is 0 Å². The number of furan rings is 1. The van der Waals surface area contributed by atoms with Crippen molar-refractivity contribution in [3.8, 4) is 0 Å². The first kappa shape index (κ1) is 14.1. The first-order chi connectivity index (χ1) is 8.49. The number of aliphatic carboxylic acids is 1. The van der Waals surface area contributed by atoms with Gasteiger partial charge in [-0.25, -0.2) is 9.59 Å². The van der Waals surface area contributed by atoms with E-state index in [0.717, 1.165) is 0 Å². The molecule has 0 saturated carbocycles. The minimum Gasteiger partial charge on any atom is -0.480 e. The van der Waals surface area contributed by atoms with Crippen molar-refractivity contribution in [2.75, 3.05) is 0 Å². The molecule has 0 radical (unpaired) electrons. The molecule has 0 fully saturated rings. The quantitative estimate of drug-likeness (QED) is 0.718. The molecule has 100 valence electrons. The normalized spacial score (nSPS) is 12.2. The standard InChI is InChI=1S/C12H18N2O4/c1-8(2)6-10(11(15)16)14-12(17)13-7-9-4-3-5-18-9/h3-5,8,10H,6-7H2,1-2H3,(H,15,16)(H2,13,14,17)/t10-/m0/s1. The number of carbonyl (C=O) groups excluding carboxylic acids is 1. The van der Waals surface area contributed by atoms with Crippen LogP contribution in [0.2, 0.25) is 0 Å². The van der Waals surface area contributed by atoms with Crippen LogP contribution < -0.4 is 10.6 Å². The number of urea groups is 1. The molecule has 3 N–H and O–H groups in total. The Kier molecular flexibility index (Phi) is 5.23. The van der Waals surface area contributed by atoms with Crippen LogP contribution in [0.15, 0.2) is 22.8 Å². The lowest BCUT2D eigenvalue weighted by Crippen LogP contribution is -2.46. The topological polar surface area (TPSA) is 91.6 Å². The van der Waals surface area contributed by atoms with Gasteiger partial charge in [0.1, 0.15) is 11.8 Å². The van der Waals surface area contributed by atoms with Gasteiger partial charge in [0.15, 0.2) is 0 Å². The van der Waals surface area contributed by atoms with E-state index in [2.05, 4.69) is 10.6 Å². The maximum atomic E-state index is 11.5. The number of carbonyl (C=O) groups is 2. The Hall–Kier alpha value is -1.98. The van der Waals surface area contributed by atoms with Crippen molar-refractivity contribution in [2.45, 2.75) is 32.9 Å². The molecule has 1 aromatic rings. The van der Waals surface area contributed by atoms with Crippen LogP contribution in [0.3, 0.4) is 0 Å². The molecule has 1 aromatic heterocycles. The smallest absolute Gasteiger partial charge is 0.326 e. The van der Waals surface area contributed by atoms with E-state index in [0.29, 0.717) is 12.2 Å². The molecule has 6 heteroatoms. The molecule has 1 heterocycles. The first-order valence-corrected chi connectivity index (χ1v) is 5.78. The lowest BCUT2D eigenvalue weighted by atomic mass is 10.0. The molecule has 6 nitrogen and oxygen atoms in total. The van der Waals surface area contributed by atoms with E-state index >= 15 is 0 Å². The third-order valence-electron chi connectivity index (χ3n) is 2.31. The molecule has 0 bridgehead atoms. The average molecular weight is 254 g/mol. The summed E-state index contributed by atoms with van der Waals surface area (Å²) in [4.78, 5) is 22.4. The molecule has 1 rings (SSSR count). The largest absolute Gasteiger partial charge is 0.480 e. The van der Waals surface area contributed by atoms with E-state index in [-0.39, 0.29) is 12.5 Å². The molecule has 2 amide bonds. The van der Waals surface area contributed by atoms with E-state index in [1.54, 1.807) is 12.1 Å². The highest BCUT2D eigenvalue weighted by molar-refractivity contribution is 5.82. The van der Waals surface area contributed by atoms with Crippen LogP contribution in [0.5, 0.6) is 0 Å². The Morgan fingerprint density at radius 3 is 2.67 bits per heavy atom. The molecule has 0 aliphatic rings. The predicted molar refractivity (Wildman–Crippen MR) is 65.0 cm³/mol. The lowest BCUT2D eigenvalue weighted by Gasteiger charge is -2.16. The molecule has 0 saturated heterocycles. The SMILES string of the molecule is CC(C)C[C@H](NC(=O)NCc1ccco1)C(=O)O. The predicted octanol–water partition coefficient (Wildman–Crippen LogP) is 1.58. The molecule has 0 aliphatic heterocycles. The first-order valence-electron chi connectivity index (χ1n) is 5.78. The van der Waals surface area contributed by atoms with Gasteiger partial charge in [0.25, 0.3) is 0 Å². The van der Waals surface area contributed by atoms with Gasteiger partial charge in [-0.15, -0.1) is 0 Å². The summed E-state index contributed by atoms with van der Waals surface area (Å²) in [5.74, 6) is -0.228. The maximum absolute atomic E-state index is 11.5. The van der Waals surface area contributed by atoms with Crippen LogP contribution in [-0.4, -0.2) is 23.1 Å². The number of rotatable bonds is 6. The highest BCUT2D eigenvalue weighted by atomic mass is 16.4. The minimum atomic E-state index is -1.03. The third kappa shape index (κ3) is 4.90. The van der Waals surface area contributed by atoms with Crippen LogP contribution in [0, 0.1) is 5.92 Å². The Balaban J connectivity index is 2.39. The van der Waals surface area contributed by atoms with Crippen molar-refractivity contribution in [1.82, 2.24) is 10.6 Å². The lowest BCUT2D eigenvalue weighted by molar-refractivity contribution is -0.139. The average Bonchev–Trinajstić information content (AvgIpc) is 2.77. The zero-order valence-corrected chi connectivity index (χ0v) is 10.5. The number of carboxylic acids is 1. The second-order valence-corrected chi connectivity index (χ2v) is 4.43. The highest BCUT2D eigenvalue weighted by Crippen LogP contribution is 2.05. The van der Waals surface area contributed by atoms with Crippen molar-refractivity contribution >= 4 is 12.0 Å². The van der Waals surface area contributed by atoms with E-state index in [1.807, 2.05) is 13.8 Å². The van der Waals surface area contributed by atoms with E-state index in [1.165, 1.54) is 6.26 Å². The van der Waals surface area contributed by atoms with Gasteiger partial charge >= 0.3 is 12.0 Å². The van der Waals surface area contributed by atoms with Gasteiger partial charge in [0, 0.05) is 0 Å². The number of amides is 2. The summed E-state index contributed by atoms with van der Waals surface area (Å²) in [6.07, 6.45) is 1.90. The van der Waals surface area contributed by atoms with Crippen LogP contribution in [-0.2, 0) is 11.3 Å². The van der Waals surface area contributed by atoms with Crippen molar-refractivity contribution in [3.05, 3.63) is 24.2 Å². The molecule has 0 spiro atoms. The number of hydrogen-bond acceptors (Lipinski definition) is 3. The number of carboxylic acid groups (broad SMARTS) is 1. The van der Waals surface area contributed by atoms with E-state index in [4.69, 9.17) is 9.52 Å². The number of nitrogens with one attached hydrogen (secondary N) is 2. The van der Waals surface area contributed by atoms with E-state index < -0.39 is 18.0 Å². The van der Waals surface area contributed by atoms with Crippen LogP contribution >= 0.6 is 0 Å². The molecular weight excluding hydrogens is 236 g/mol. The van der Waals surface area contributed by atoms with Crippen molar-refractivity contribution in [1.29, 1.82) is 0 Å². The van der Waals surface area contributed by atoms with Gasteiger partial charge in [0.05, 0.1) is 12.8 Å². The molecular formula is C12H18N2O4. The molecule has 0 aliphatic carbocycles. The second kappa shape index (κ2) is 6.68. The summed E-state index contributed by atoms with van der Waals surface area (Å²) in [6, 6.07) is 2.05. The minimum absolute atomic E-state index is 0.191. The summed E-state index contributed by atoms with van der Waals surface area (Å²) >= 11 is 0. The second-order valence-electron chi connectivity index (χ2n) is 4.43. The monoisotopic (exact) mass is 254 g/mol. The Labute approximate surface area is 105 Å². The van der Waals surface area contributed by atoms with Crippen LogP contribution in [0.25, 0.3) is 0 Å². The molecule has 0 unspecified atom stereocenters. The zero-order valence-electron chi connectivity index (χ0n) is 10.5. The van der Waals surface area contributed by atoms with Gasteiger partial charge in [-0.05, 0) is 24.5 Å². The van der Waals surface area contributed by atoms with Crippen molar-refractivity contribution in [2.24, 2.45) is 5.92 Å². The molecule has 1 atom stereocenters. The van der Waals surface area contributed by atoms with Gasteiger partial charge in [-0.3, -0.25) is 0 Å². The maximum Gasteiger partial charge on any atom is 0.326 e. The van der Waals surface area contributed by atoms with Gasteiger partial charge in [-0.1, -0.05) is 13.8 Å². The summed E-state index contributed by atoms with van der Waals surface area (Å²) in [7, 11) is 0. The summed E-state index contributed by atoms with van der Waals surface area (Å²) in [5, 5.41) is 13.9. The van der Waals surface area contributed by atoms with Gasteiger partial charge in [0.2, 0.25) is 0 Å². The fourth-order valence-corrected chi connectivity index (χ4v) is 1.48. The Bertz CT molecular complexity index is 387. The Morgan fingerprint density at radius 1 is 1.44 bits per heavy atom. The van der Waals surface area contributed by atoms with Crippen molar-refractivity contribution < 1.29 is 19.1 Å².